The number of carbonyl (C=O) groups is 1. The van der Waals surface area contributed by atoms with Crippen molar-refractivity contribution in [3.05, 3.63) is 72.2 Å². The van der Waals surface area contributed by atoms with Crippen LogP contribution in [0.3, 0.4) is 0 Å². The van der Waals surface area contributed by atoms with Gasteiger partial charge in [0.1, 0.15) is 17.2 Å². The number of nitrogens with two attached hydrogens (primary N) is 2. The predicted octanol–water partition coefficient (Wildman–Crippen LogP) is 2.67. The molecular formula is C23H30N2O9S. The number of aliphatic hydroxyl groups excluding tert-OH is 1. The second-order valence-corrected chi connectivity index (χ2v) is 8.15. The van der Waals surface area contributed by atoms with E-state index in [1.807, 2.05) is 48.5 Å². The van der Waals surface area contributed by atoms with E-state index in [-0.39, 0.29) is 26.5 Å². The summed E-state index contributed by atoms with van der Waals surface area (Å²) in [6.45, 7) is -0.000489. The molecule has 12 heteroatoms. The number of hydrogen-bond donors (Lipinski definition) is 6. The lowest BCUT2D eigenvalue weighted by atomic mass is 10.1. The summed E-state index contributed by atoms with van der Waals surface area (Å²) in [7, 11) is -4.67. The van der Waals surface area contributed by atoms with Crippen molar-refractivity contribution in [3.8, 4) is 0 Å². The first-order valence-electron chi connectivity index (χ1n) is 9.94. The van der Waals surface area contributed by atoms with E-state index < -0.39 is 22.4 Å². The van der Waals surface area contributed by atoms with Crippen LogP contribution in [0.15, 0.2) is 69.9 Å². The second-order valence-electron chi connectivity index (χ2n) is 7.26. The topological polar surface area (TPSA) is 210 Å². The van der Waals surface area contributed by atoms with Gasteiger partial charge in [-0.05, 0) is 24.1 Å². The van der Waals surface area contributed by atoms with E-state index in [0.717, 1.165) is 33.1 Å². The van der Waals surface area contributed by atoms with Gasteiger partial charge in [-0.15, -0.1) is 0 Å². The summed E-state index contributed by atoms with van der Waals surface area (Å²) in [6.07, 6.45) is 4.20. The molecule has 0 aliphatic heterocycles. The van der Waals surface area contributed by atoms with Gasteiger partial charge >= 0.3 is 16.4 Å². The lowest BCUT2D eigenvalue weighted by molar-refractivity contribution is -0.138. The zero-order valence-corrected chi connectivity index (χ0v) is 18.8. The van der Waals surface area contributed by atoms with Gasteiger partial charge in [-0.2, -0.15) is 8.42 Å². The van der Waals surface area contributed by atoms with E-state index in [9.17, 15) is 4.79 Å². The molecule has 0 radical (unpaired) electrons. The van der Waals surface area contributed by atoms with Gasteiger partial charge in [0.15, 0.2) is 0 Å². The van der Waals surface area contributed by atoms with Crippen LogP contribution in [0.1, 0.15) is 18.6 Å². The average Bonchev–Trinajstić information content (AvgIpc) is 3.37. The Hall–Kier alpha value is -3.26. The summed E-state index contributed by atoms with van der Waals surface area (Å²) in [6, 6.07) is 14.2. The van der Waals surface area contributed by atoms with Crippen LogP contribution in [0.5, 0.6) is 0 Å². The SMILES string of the molecule is C.N[C@@H](CO)Cc1coc2ccccc12.N[C@H](Cc1coc2ccccc12)C(=O)O.O=S(=O)(O)O. The number of furan rings is 2. The summed E-state index contributed by atoms with van der Waals surface area (Å²) in [4.78, 5) is 10.6. The number of fused-ring (bicyclic) bond motifs is 2. The zero-order valence-electron chi connectivity index (χ0n) is 17.9. The molecule has 0 saturated carbocycles. The molecule has 11 nitrogen and oxygen atoms in total. The van der Waals surface area contributed by atoms with Crippen molar-refractivity contribution in [2.75, 3.05) is 6.61 Å². The third-order valence-corrected chi connectivity index (χ3v) is 4.60. The van der Waals surface area contributed by atoms with Crippen molar-refractivity contribution < 1.29 is 41.4 Å². The summed E-state index contributed by atoms with van der Waals surface area (Å²) >= 11 is 0. The molecule has 8 N–H and O–H groups in total. The van der Waals surface area contributed by atoms with Crippen molar-refractivity contribution in [2.45, 2.75) is 32.4 Å². The highest BCUT2D eigenvalue weighted by Gasteiger charge is 2.15. The Labute approximate surface area is 202 Å². The number of rotatable bonds is 6. The number of para-hydroxylation sites is 2. The number of aliphatic hydroxyl groups is 1. The smallest absolute Gasteiger partial charge is 0.394 e. The molecule has 0 spiro atoms. The first-order valence-corrected chi connectivity index (χ1v) is 11.3. The van der Waals surface area contributed by atoms with E-state index in [0.29, 0.717) is 6.42 Å². The molecule has 2 heterocycles. The normalized spacial score (nSPS) is 12.5. The van der Waals surface area contributed by atoms with Crippen molar-refractivity contribution in [3.63, 3.8) is 0 Å². The van der Waals surface area contributed by atoms with Crippen LogP contribution in [0.2, 0.25) is 0 Å². The van der Waals surface area contributed by atoms with Gasteiger partial charge in [0.05, 0.1) is 19.1 Å². The maximum Gasteiger partial charge on any atom is 0.394 e. The Morgan fingerprint density at radius 1 is 0.857 bits per heavy atom. The van der Waals surface area contributed by atoms with Crippen LogP contribution in [0, 0.1) is 0 Å². The van der Waals surface area contributed by atoms with E-state index in [1.165, 1.54) is 0 Å². The number of aliphatic carboxylic acids is 1. The summed E-state index contributed by atoms with van der Waals surface area (Å²) in [5.74, 6) is -1.000. The molecule has 0 bridgehead atoms. The highest BCUT2D eigenvalue weighted by atomic mass is 32.3. The molecule has 2 aromatic carbocycles. The van der Waals surface area contributed by atoms with Crippen LogP contribution < -0.4 is 11.5 Å². The van der Waals surface area contributed by atoms with Gasteiger partial charge in [0.25, 0.3) is 0 Å². The summed E-state index contributed by atoms with van der Waals surface area (Å²) < 4.78 is 42.2. The van der Waals surface area contributed by atoms with Crippen molar-refractivity contribution >= 4 is 38.3 Å². The van der Waals surface area contributed by atoms with E-state index in [2.05, 4.69) is 0 Å². The Morgan fingerprint density at radius 2 is 1.26 bits per heavy atom. The molecule has 2 aromatic heterocycles. The Kier molecular flexibility index (Phi) is 11.6. The standard InChI is InChI=1S/C11H11NO3.C11H13NO2.CH4.H2O4S/c12-9(11(13)14)5-7-6-15-10-4-2-1-3-8(7)10;12-9(6-13)5-8-7-14-11-4-2-1-3-10(8)11;;1-5(2,3)4/h1-4,6,9H,5,12H2,(H,13,14);1-4,7,9,13H,5-6,12H2;1H4;(H2,1,2,3,4)/t2*9-;;/m11../s1. The second kappa shape index (κ2) is 13.6. The maximum atomic E-state index is 10.6. The highest BCUT2D eigenvalue weighted by molar-refractivity contribution is 7.79. The van der Waals surface area contributed by atoms with Crippen LogP contribution in [0.4, 0.5) is 0 Å². The molecule has 2 atom stereocenters. The first kappa shape index (κ1) is 29.8. The fourth-order valence-corrected chi connectivity index (χ4v) is 3.05. The molecule has 192 valence electrons. The van der Waals surface area contributed by atoms with Crippen molar-refractivity contribution in [2.24, 2.45) is 11.5 Å². The quantitative estimate of drug-likeness (QED) is 0.208. The predicted molar refractivity (Wildman–Crippen MR) is 131 cm³/mol. The van der Waals surface area contributed by atoms with Crippen LogP contribution >= 0.6 is 0 Å². The molecule has 0 aliphatic carbocycles. The molecule has 4 aromatic rings. The molecule has 4 rings (SSSR count). The Balaban J connectivity index is 0.000000288. The fourth-order valence-electron chi connectivity index (χ4n) is 3.05. The maximum absolute atomic E-state index is 10.6. The Morgan fingerprint density at radius 3 is 1.66 bits per heavy atom. The minimum Gasteiger partial charge on any atom is -0.480 e. The Bertz CT molecular complexity index is 1310. The summed E-state index contributed by atoms with van der Waals surface area (Å²) in [5, 5.41) is 19.6. The zero-order chi connectivity index (χ0) is 25.3. The molecule has 0 aliphatic rings. The number of carboxylic acids is 1. The van der Waals surface area contributed by atoms with Gasteiger partial charge in [-0.1, -0.05) is 43.8 Å². The van der Waals surface area contributed by atoms with Gasteiger partial charge in [-0.3, -0.25) is 13.9 Å². The fraction of sp³-hybridized carbons (Fsp3) is 0.261. The lowest BCUT2D eigenvalue weighted by Crippen LogP contribution is -2.32. The number of carboxylic acid groups (broad SMARTS) is 1. The van der Waals surface area contributed by atoms with Gasteiger partial charge in [0, 0.05) is 28.8 Å². The average molecular weight is 511 g/mol. The van der Waals surface area contributed by atoms with Gasteiger partial charge < -0.3 is 30.5 Å². The minimum absolute atomic E-state index is 0. The molecular weight excluding hydrogens is 480 g/mol. The monoisotopic (exact) mass is 510 g/mol. The number of hydrogen-bond acceptors (Lipinski definition) is 8. The van der Waals surface area contributed by atoms with Crippen molar-refractivity contribution in [1.29, 1.82) is 0 Å². The third kappa shape index (κ3) is 9.86. The summed E-state index contributed by atoms with van der Waals surface area (Å²) in [5.41, 5.74) is 14.6. The largest absolute Gasteiger partial charge is 0.480 e. The molecule has 0 unspecified atom stereocenters. The van der Waals surface area contributed by atoms with E-state index in [1.54, 1.807) is 12.5 Å². The molecule has 0 amide bonds. The van der Waals surface area contributed by atoms with Crippen LogP contribution in [-0.2, 0) is 28.0 Å². The molecule has 35 heavy (non-hydrogen) atoms. The highest BCUT2D eigenvalue weighted by Crippen LogP contribution is 2.22. The van der Waals surface area contributed by atoms with Crippen LogP contribution in [0.25, 0.3) is 21.9 Å². The van der Waals surface area contributed by atoms with E-state index in [4.69, 9.17) is 48.0 Å². The van der Waals surface area contributed by atoms with E-state index >= 15 is 0 Å². The third-order valence-electron chi connectivity index (χ3n) is 4.60. The lowest BCUT2D eigenvalue weighted by Gasteiger charge is -2.05. The molecule has 0 fully saturated rings. The van der Waals surface area contributed by atoms with Gasteiger partial charge in [-0.25, -0.2) is 0 Å². The van der Waals surface area contributed by atoms with Crippen molar-refractivity contribution in [1.82, 2.24) is 0 Å². The van der Waals surface area contributed by atoms with Crippen LogP contribution in [-0.4, -0.2) is 52.4 Å². The molecule has 0 saturated heterocycles. The minimum atomic E-state index is -4.67. The first-order chi connectivity index (χ1) is 16.0. The number of benzene rings is 2. The van der Waals surface area contributed by atoms with Gasteiger partial charge in [0.2, 0.25) is 0 Å².